The highest BCUT2D eigenvalue weighted by atomic mass is 19.3. The summed E-state index contributed by atoms with van der Waals surface area (Å²) in [4.78, 5) is 23.1. The van der Waals surface area contributed by atoms with Crippen LogP contribution in [0.1, 0.15) is 20.3 Å². The number of carbonyl (C=O) groups is 2. The molecule has 0 N–H and O–H groups in total. The van der Waals surface area contributed by atoms with Crippen LogP contribution in [-0.4, -0.2) is 42.5 Å². The monoisotopic (exact) mass is 342 g/mol. The minimum atomic E-state index is -4.99. The van der Waals surface area contributed by atoms with E-state index in [0.29, 0.717) is 0 Å². The van der Waals surface area contributed by atoms with E-state index in [1.807, 2.05) is 0 Å². The Hall–Kier alpha value is -1.93. The van der Waals surface area contributed by atoms with E-state index in [1.165, 1.54) is 13.8 Å². The predicted octanol–water partition coefficient (Wildman–Crippen LogP) is 2.98. The molecule has 23 heavy (non-hydrogen) atoms. The highest BCUT2D eigenvalue weighted by molar-refractivity contribution is 6.04. The second kappa shape index (κ2) is 6.67. The number of Topliss-reactive ketones (excluding diaryl/α,β-unsaturated/α-hetero) is 1. The molecule has 1 aliphatic carbocycles. The number of carbonyl (C=O) groups excluding carboxylic acids is 2. The molecular formula is C14H15F5O4. The molecule has 1 atom stereocenters. The van der Waals surface area contributed by atoms with Gasteiger partial charge in [0.2, 0.25) is 5.67 Å². The highest BCUT2D eigenvalue weighted by Gasteiger charge is 2.67. The summed E-state index contributed by atoms with van der Waals surface area (Å²) in [5.74, 6) is -12.5. The third-order valence-electron chi connectivity index (χ3n) is 3.06. The van der Waals surface area contributed by atoms with E-state index in [4.69, 9.17) is 0 Å². The lowest BCUT2D eigenvalue weighted by molar-refractivity contribution is -0.173. The van der Waals surface area contributed by atoms with E-state index in [1.54, 1.807) is 0 Å². The van der Waals surface area contributed by atoms with Gasteiger partial charge in [-0.25, -0.2) is 4.39 Å². The van der Waals surface area contributed by atoms with Gasteiger partial charge in [-0.1, -0.05) is 0 Å². The molecule has 1 rings (SSSR count). The van der Waals surface area contributed by atoms with Gasteiger partial charge in [0.05, 0.1) is 25.0 Å². The molecule has 0 aromatic heterocycles. The lowest BCUT2D eigenvalue weighted by atomic mass is 9.79. The lowest BCUT2D eigenvalue weighted by Gasteiger charge is -2.36. The summed E-state index contributed by atoms with van der Waals surface area (Å²) in [6.45, 7) is 2.45. The Labute approximate surface area is 128 Å². The molecule has 4 nitrogen and oxygen atoms in total. The molecule has 0 aromatic rings. The van der Waals surface area contributed by atoms with Crippen molar-refractivity contribution in [3.05, 3.63) is 24.0 Å². The molecule has 0 bridgehead atoms. The summed E-state index contributed by atoms with van der Waals surface area (Å²) in [6, 6.07) is 0. The predicted molar refractivity (Wildman–Crippen MR) is 68.8 cm³/mol. The zero-order valence-corrected chi connectivity index (χ0v) is 12.4. The first kappa shape index (κ1) is 19.1. The third-order valence-corrected chi connectivity index (χ3v) is 3.06. The summed E-state index contributed by atoms with van der Waals surface area (Å²) in [7, 11) is 0. The smallest absolute Gasteiger partial charge is 0.342 e. The van der Waals surface area contributed by atoms with Crippen LogP contribution in [0.2, 0.25) is 0 Å². The molecule has 0 heterocycles. The van der Waals surface area contributed by atoms with Crippen molar-refractivity contribution >= 4 is 11.8 Å². The Balaban J connectivity index is 3.29. The van der Waals surface area contributed by atoms with Gasteiger partial charge in [-0.05, 0) is 26.0 Å². The van der Waals surface area contributed by atoms with Crippen molar-refractivity contribution in [2.75, 3.05) is 13.2 Å². The van der Waals surface area contributed by atoms with Gasteiger partial charge in [-0.2, -0.15) is 17.6 Å². The highest BCUT2D eigenvalue weighted by Crippen LogP contribution is 2.51. The fourth-order valence-electron chi connectivity index (χ4n) is 1.86. The zero-order chi connectivity index (χ0) is 17.9. The summed E-state index contributed by atoms with van der Waals surface area (Å²) < 4.78 is 78.1. The topological polar surface area (TPSA) is 52.6 Å². The molecule has 0 fully saturated rings. The van der Waals surface area contributed by atoms with Gasteiger partial charge in [0, 0.05) is 0 Å². The van der Waals surface area contributed by atoms with E-state index < -0.39 is 41.3 Å². The van der Waals surface area contributed by atoms with Crippen LogP contribution in [-0.2, 0) is 19.1 Å². The number of ketones is 1. The van der Waals surface area contributed by atoms with Crippen LogP contribution in [0.5, 0.6) is 0 Å². The molecule has 0 saturated carbocycles. The Bertz CT molecular complexity index is 541. The maximum absolute atomic E-state index is 14.8. The maximum atomic E-state index is 14.8. The average Bonchev–Trinajstić information content (AvgIpc) is 2.44. The average molecular weight is 342 g/mol. The Morgan fingerprint density at radius 3 is 2.22 bits per heavy atom. The Morgan fingerprint density at radius 2 is 1.70 bits per heavy atom. The Morgan fingerprint density at radius 1 is 1.09 bits per heavy atom. The van der Waals surface area contributed by atoms with Crippen molar-refractivity contribution in [1.29, 1.82) is 0 Å². The summed E-state index contributed by atoms with van der Waals surface area (Å²) >= 11 is 0. The van der Waals surface area contributed by atoms with Crippen molar-refractivity contribution in [1.82, 2.24) is 0 Å². The third kappa shape index (κ3) is 3.53. The van der Waals surface area contributed by atoms with Crippen LogP contribution in [0, 0.1) is 0 Å². The fraction of sp³-hybridized carbons (Fsp3) is 0.571. The fourth-order valence-corrected chi connectivity index (χ4v) is 1.86. The van der Waals surface area contributed by atoms with E-state index in [2.05, 4.69) is 9.47 Å². The quantitative estimate of drug-likeness (QED) is 0.245. The molecule has 1 aliphatic rings. The molecule has 1 unspecified atom stereocenters. The van der Waals surface area contributed by atoms with Gasteiger partial charge >= 0.3 is 17.8 Å². The largest absolute Gasteiger partial charge is 0.501 e. The number of hydrogen-bond acceptors (Lipinski definition) is 4. The van der Waals surface area contributed by atoms with E-state index in [-0.39, 0.29) is 31.6 Å². The first-order chi connectivity index (χ1) is 10.5. The first-order valence-corrected chi connectivity index (χ1v) is 6.69. The minimum Gasteiger partial charge on any atom is -0.501 e. The van der Waals surface area contributed by atoms with Crippen LogP contribution in [0.15, 0.2) is 24.0 Å². The van der Waals surface area contributed by atoms with Gasteiger partial charge in [0.15, 0.2) is 5.78 Å². The van der Waals surface area contributed by atoms with E-state index >= 15 is 0 Å². The molecule has 9 heteroatoms. The van der Waals surface area contributed by atoms with Gasteiger partial charge in [-0.3, -0.25) is 9.59 Å². The molecule has 130 valence electrons. The summed E-state index contributed by atoms with van der Waals surface area (Å²) in [6.07, 6.45) is -1.46. The molecule has 0 amide bonds. The summed E-state index contributed by atoms with van der Waals surface area (Å²) in [5, 5.41) is 0. The van der Waals surface area contributed by atoms with Gasteiger partial charge in [-0.15, -0.1) is 0 Å². The number of rotatable bonds is 6. The van der Waals surface area contributed by atoms with Crippen molar-refractivity contribution in [3.63, 3.8) is 0 Å². The van der Waals surface area contributed by atoms with Crippen molar-refractivity contribution < 1.29 is 41.0 Å². The first-order valence-electron chi connectivity index (χ1n) is 6.69. The summed E-state index contributed by atoms with van der Waals surface area (Å²) in [5.41, 5.74) is -5.44. The van der Waals surface area contributed by atoms with Gasteiger partial charge < -0.3 is 9.47 Å². The molecule has 0 saturated heterocycles. The van der Waals surface area contributed by atoms with E-state index in [9.17, 15) is 31.5 Å². The van der Waals surface area contributed by atoms with Crippen LogP contribution in [0.25, 0.3) is 0 Å². The zero-order valence-electron chi connectivity index (χ0n) is 12.4. The Kier molecular flexibility index (Phi) is 5.55. The number of halogens is 5. The number of hydrogen-bond donors (Lipinski definition) is 0. The van der Waals surface area contributed by atoms with Crippen LogP contribution in [0.4, 0.5) is 22.0 Å². The molecule has 0 aliphatic heterocycles. The van der Waals surface area contributed by atoms with Crippen LogP contribution >= 0.6 is 0 Å². The number of esters is 1. The maximum Gasteiger partial charge on any atom is 0.342 e. The van der Waals surface area contributed by atoms with Crippen molar-refractivity contribution in [2.45, 2.75) is 37.8 Å². The number of ether oxygens (including phenoxy) is 2. The second-order valence-electron chi connectivity index (χ2n) is 4.63. The number of alkyl halides is 5. The normalized spacial score (nSPS) is 26.8. The second-order valence-corrected chi connectivity index (χ2v) is 4.63. The van der Waals surface area contributed by atoms with Crippen LogP contribution < -0.4 is 0 Å². The standard InChI is InChI=1S/C14H15F5O4/c1-3-22-8-9-12(15,10(20)7-11(21)23-4-2)5-6-13(16,17)14(9,18)19/h5-6,8H,3-4,7H2,1-2H3. The van der Waals surface area contributed by atoms with E-state index in [0.717, 1.165) is 0 Å². The van der Waals surface area contributed by atoms with Crippen molar-refractivity contribution in [2.24, 2.45) is 0 Å². The van der Waals surface area contributed by atoms with Gasteiger partial charge in [0.1, 0.15) is 6.42 Å². The molecule has 0 aromatic carbocycles. The van der Waals surface area contributed by atoms with Gasteiger partial charge in [0.25, 0.3) is 0 Å². The lowest BCUT2D eigenvalue weighted by Crippen LogP contribution is -2.53. The molecule has 0 spiro atoms. The SMILES string of the molecule is CCOC=C1C(F)(C(=O)CC(=O)OCC)C=CC(F)(F)C1(F)F. The van der Waals surface area contributed by atoms with Crippen molar-refractivity contribution in [3.8, 4) is 0 Å². The number of allylic oxidation sites excluding steroid dienone is 3. The molecule has 0 radical (unpaired) electrons. The molecular weight excluding hydrogens is 327 g/mol. The minimum absolute atomic E-state index is 0.0107. The van der Waals surface area contributed by atoms with Crippen LogP contribution in [0.3, 0.4) is 0 Å².